The van der Waals surface area contributed by atoms with Crippen LogP contribution in [0, 0.1) is 0 Å². The number of methoxy groups -OCH3 is 2. The van der Waals surface area contributed by atoms with Gasteiger partial charge < -0.3 is 14.6 Å². The number of rotatable bonds is 4. The van der Waals surface area contributed by atoms with Crippen molar-refractivity contribution < 1.29 is 19.2 Å². The van der Waals surface area contributed by atoms with Crippen molar-refractivity contribution in [2.24, 2.45) is 0 Å². The van der Waals surface area contributed by atoms with E-state index >= 15 is 0 Å². The van der Waals surface area contributed by atoms with Crippen molar-refractivity contribution >= 4 is 17.2 Å². The molecule has 2 heterocycles. The minimum atomic E-state index is -1.20. The fourth-order valence-corrected chi connectivity index (χ4v) is 4.59. The van der Waals surface area contributed by atoms with Crippen molar-refractivity contribution in [3.63, 3.8) is 0 Å². The SMILES string of the molecule is COc1ccc(N2C3=[N+](CC2(O)c2ccc(OC)cc2)c2ccccc2CC3)cc1. The molecule has 3 aromatic rings. The van der Waals surface area contributed by atoms with Crippen LogP contribution < -0.4 is 14.4 Å². The molecule has 5 rings (SSSR count). The van der Waals surface area contributed by atoms with Crippen LogP contribution in [0.15, 0.2) is 72.8 Å². The molecule has 1 unspecified atom stereocenters. The standard InChI is InChI=1S/C25H25N2O3/c1-29-21-12-8-19(9-13-21)25(28)17-26-23-6-4-3-5-18(23)7-16-24(26)27(25)20-10-14-22(30-2)15-11-20/h3-6,8-15,28H,7,16-17H2,1-2H3/q+1. The molecule has 5 heteroatoms. The monoisotopic (exact) mass is 401 g/mol. The summed E-state index contributed by atoms with van der Waals surface area (Å²) in [7, 11) is 3.31. The Hall–Kier alpha value is -3.31. The summed E-state index contributed by atoms with van der Waals surface area (Å²) in [6.07, 6.45) is 1.81. The number of anilines is 1. The van der Waals surface area contributed by atoms with Crippen LogP contribution in [0.5, 0.6) is 11.5 Å². The van der Waals surface area contributed by atoms with E-state index < -0.39 is 5.72 Å². The van der Waals surface area contributed by atoms with E-state index in [4.69, 9.17) is 9.47 Å². The van der Waals surface area contributed by atoms with Crippen molar-refractivity contribution in [3.8, 4) is 11.5 Å². The molecule has 0 aliphatic carbocycles. The smallest absolute Gasteiger partial charge is 0.275 e. The lowest BCUT2D eigenvalue weighted by Gasteiger charge is -2.29. The molecule has 2 aliphatic heterocycles. The van der Waals surface area contributed by atoms with E-state index in [0.717, 1.165) is 41.4 Å². The first-order valence-corrected chi connectivity index (χ1v) is 10.2. The number of hydrogen-bond donors (Lipinski definition) is 1. The molecule has 0 bridgehead atoms. The van der Waals surface area contributed by atoms with Crippen molar-refractivity contribution in [2.45, 2.75) is 18.6 Å². The third-order valence-corrected chi connectivity index (χ3v) is 6.10. The molecule has 3 aromatic carbocycles. The molecule has 1 N–H and O–H groups in total. The van der Waals surface area contributed by atoms with Gasteiger partial charge in [-0.15, -0.1) is 0 Å². The highest BCUT2D eigenvalue weighted by Gasteiger charge is 2.55. The minimum absolute atomic E-state index is 0.456. The Kier molecular flexibility index (Phi) is 4.48. The second-order valence-electron chi connectivity index (χ2n) is 7.71. The number of benzene rings is 3. The van der Waals surface area contributed by atoms with Gasteiger partial charge >= 0.3 is 0 Å². The lowest BCUT2D eigenvalue weighted by molar-refractivity contribution is -0.453. The molecule has 0 aromatic heterocycles. The average molecular weight is 401 g/mol. The molecule has 0 radical (unpaired) electrons. The number of ether oxygens (including phenoxy) is 2. The van der Waals surface area contributed by atoms with E-state index in [9.17, 15) is 5.11 Å². The molecule has 0 amide bonds. The summed E-state index contributed by atoms with van der Waals surface area (Å²) in [6.45, 7) is 0.456. The van der Waals surface area contributed by atoms with E-state index in [2.05, 4.69) is 33.7 Å². The number of aliphatic hydroxyl groups is 1. The van der Waals surface area contributed by atoms with Crippen molar-refractivity contribution in [1.29, 1.82) is 0 Å². The molecule has 2 aliphatic rings. The minimum Gasteiger partial charge on any atom is -0.497 e. The second-order valence-corrected chi connectivity index (χ2v) is 7.71. The van der Waals surface area contributed by atoms with Crippen LogP contribution >= 0.6 is 0 Å². The van der Waals surface area contributed by atoms with E-state index in [1.165, 1.54) is 11.3 Å². The first-order valence-electron chi connectivity index (χ1n) is 10.2. The van der Waals surface area contributed by atoms with Crippen LogP contribution in [0.1, 0.15) is 17.5 Å². The molecular formula is C25H25N2O3+. The van der Waals surface area contributed by atoms with Gasteiger partial charge in [-0.25, -0.2) is 4.58 Å². The van der Waals surface area contributed by atoms with E-state index in [-0.39, 0.29) is 0 Å². The number of fused-ring (bicyclic) bond motifs is 2. The Morgan fingerprint density at radius 3 is 2.13 bits per heavy atom. The first kappa shape index (κ1) is 18.7. The second kappa shape index (κ2) is 7.18. The zero-order valence-corrected chi connectivity index (χ0v) is 17.2. The molecule has 0 saturated carbocycles. The van der Waals surface area contributed by atoms with E-state index in [1.807, 2.05) is 48.5 Å². The number of hydrogen-bond acceptors (Lipinski definition) is 4. The summed E-state index contributed by atoms with van der Waals surface area (Å²) in [6, 6.07) is 24.0. The highest BCUT2D eigenvalue weighted by molar-refractivity contribution is 5.98. The molecule has 30 heavy (non-hydrogen) atoms. The Labute approximate surface area is 176 Å². The zero-order valence-electron chi connectivity index (χ0n) is 17.2. The maximum atomic E-state index is 12.1. The largest absolute Gasteiger partial charge is 0.497 e. The summed E-state index contributed by atoms with van der Waals surface area (Å²) in [4.78, 5) is 2.07. The normalized spacial score (nSPS) is 20.0. The predicted molar refractivity (Wildman–Crippen MR) is 117 cm³/mol. The quantitative estimate of drug-likeness (QED) is 0.670. The predicted octanol–water partition coefficient (Wildman–Crippen LogP) is 4.06. The highest BCUT2D eigenvalue weighted by Crippen LogP contribution is 2.42. The average Bonchev–Trinajstić information content (AvgIpc) is 3.12. The van der Waals surface area contributed by atoms with Gasteiger partial charge in [0.1, 0.15) is 22.9 Å². The van der Waals surface area contributed by atoms with Gasteiger partial charge in [-0.3, -0.25) is 0 Å². The topological polar surface area (TPSA) is 44.9 Å². The lowest BCUT2D eigenvalue weighted by Crippen LogP contribution is -2.47. The highest BCUT2D eigenvalue weighted by atomic mass is 16.5. The van der Waals surface area contributed by atoms with Gasteiger partial charge in [0, 0.05) is 5.56 Å². The molecule has 5 nitrogen and oxygen atoms in total. The van der Waals surface area contributed by atoms with Crippen LogP contribution in [-0.2, 0) is 12.1 Å². The van der Waals surface area contributed by atoms with Gasteiger partial charge in [-0.2, -0.15) is 4.90 Å². The summed E-state index contributed by atoms with van der Waals surface area (Å²) in [5.74, 6) is 2.67. The lowest BCUT2D eigenvalue weighted by atomic mass is 10.0. The van der Waals surface area contributed by atoms with Crippen LogP contribution in [0.25, 0.3) is 0 Å². The molecule has 152 valence electrons. The third kappa shape index (κ3) is 2.85. The van der Waals surface area contributed by atoms with Gasteiger partial charge in [0.05, 0.1) is 20.6 Å². The van der Waals surface area contributed by atoms with Crippen molar-refractivity contribution in [2.75, 3.05) is 25.7 Å². The van der Waals surface area contributed by atoms with Crippen molar-refractivity contribution in [3.05, 3.63) is 83.9 Å². The molecule has 0 saturated heterocycles. The maximum absolute atomic E-state index is 12.1. The summed E-state index contributed by atoms with van der Waals surface area (Å²) in [5, 5.41) is 12.1. The van der Waals surface area contributed by atoms with E-state index in [1.54, 1.807) is 14.2 Å². The van der Waals surface area contributed by atoms with Gasteiger partial charge in [-0.05, 0) is 66.6 Å². The summed E-state index contributed by atoms with van der Waals surface area (Å²) >= 11 is 0. The Morgan fingerprint density at radius 2 is 1.47 bits per heavy atom. The Balaban J connectivity index is 1.66. The number of amidine groups is 1. The molecule has 0 fully saturated rings. The molecular weight excluding hydrogens is 376 g/mol. The van der Waals surface area contributed by atoms with Gasteiger partial charge in [0.15, 0.2) is 6.54 Å². The molecule has 1 atom stereocenters. The third-order valence-electron chi connectivity index (χ3n) is 6.10. The van der Waals surface area contributed by atoms with Gasteiger partial charge in [-0.1, -0.05) is 18.2 Å². The van der Waals surface area contributed by atoms with Crippen LogP contribution in [0.3, 0.4) is 0 Å². The number of para-hydroxylation sites is 1. The fraction of sp³-hybridized carbons (Fsp3) is 0.240. The number of nitrogens with zero attached hydrogens (tertiary/aromatic N) is 2. The van der Waals surface area contributed by atoms with Gasteiger partial charge in [0.2, 0.25) is 0 Å². The molecule has 0 spiro atoms. The fourth-order valence-electron chi connectivity index (χ4n) is 4.59. The van der Waals surface area contributed by atoms with Crippen LogP contribution in [0.2, 0.25) is 0 Å². The number of aryl methyl sites for hydroxylation is 1. The maximum Gasteiger partial charge on any atom is 0.275 e. The summed E-state index contributed by atoms with van der Waals surface area (Å²) < 4.78 is 12.9. The first-order chi connectivity index (χ1) is 14.6. The van der Waals surface area contributed by atoms with Crippen LogP contribution in [0.4, 0.5) is 11.4 Å². The van der Waals surface area contributed by atoms with Crippen LogP contribution in [-0.4, -0.2) is 36.3 Å². The van der Waals surface area contributed by atoms with E-state index in [0.29, 0.717) is 6.54 Å². The van der Waals surface area contributed by atoms with Gasteiger partial charge in [0.25, 0.3) is 11.6 Å². The zero-order chi connectivity index (χ0) is 20.7. The Bertz CT molecular complexity index is 1110. The summed E-state index contributed by atoms with van der Waals surface area (Å²) in [5.41, 5.74) is 3.05. The van der Waals surface area contributed by atoms with Crippen molar-refractivity contribution in [1.82, 2.24) is 0 Å². The Morgan fingerprint density at radius 1 is 0.833 bits per heavy atom.